The molecule has 0 spiro atoms. The number of carbonyl (C=O) groups excluding carboxylic acids is 2. The van der Waals surface area contributed by atoms with Crippen molar-refractivity contribution in [2.24, 2.45) is 17.6 Å². The van der Waals surface area contributed by atoms with E-state index in [2.05, 4.69) is 0 Å². The first-order valence-corrected chi connectivity index (χ1v) is 6.90. The van der Waals surface area contributed by atoms with E-state index in [1.807, 2.05) is 30.3 Å². The third-order valence-electron chi connectivity index (χ3n) is 4.29. The molecule has 1 fully saturated rings. The van der Waals surface area contributed by atoms with Crippen molar-refractivity contribution in [1.29, 1.82) is 0 Å². The first-order chi connectivity index (χ1) is 9.46. The van der Waals surface area contributed by atoms with Crippen LogP contribution in [-0.4, -0.2) is 24.4 Å². The Morgan fingerprint density at radius 3 is 2.65 bits per heavy atom. The Morgan fingerprint density at radius 2 is 2.05 bits per heavy atom. The summed E-state index contributed by atoms with van der Waals surface area (Å²) in [6, 6.07) is 9.83. The zero-order valence-electron chi connectivity index (χ0n) is 12.0. The summed E-state index contributed by atoms with van der Waals surface area (Å²) in [6.07, 6.45) is 1.78. The number of hydrogen-bond acceptors (Lipinski definition) is 4. The van der Waals surface area contributed by atoms with Gasteiger partial charge in [0.15, 0.2) is 0 Å². The van der Waals surface area contributed by atoms with Crippen LogP contribution in [-0.2, 0) is 20.7 Å². The molecule has 0 saturated heterocycles. The van der Waals surface area contributed by atoms with E-state index in [4.69, 9.17) is 10.5 Å². The number of methoxy groups -OCH3 is 1. The Balaban J connectivity index is 2.21. The summed E-state index contributed by atoms with van der Waals surface area (Å²) in [5.74, 6) is -0.621. The molecule has 4 heteroatoms. The minimum absolute atomic E-state index is 0.164. The quantitative estimate of drug-likeness (QED) is 0.849. The fraction of sp³-hybridized carbons (Fsp3) is 0.500. The number of esters is 1. The van der Waals surface area contributed by atoms with Gasteiger partial charge in [0.1, 0.15) is 11.3 Å². The van der Waals surface area contributed by atoms with Crippen molar-refractivity contribution in [2.45, 2.75) is 31.7 Å². The van der Waals surface area contributed by atoms with E-state index in [1.54, 1.807) is 6.92 Å². The predicted molar refractivity (Wildman–Crippen MR) is 76.0 cm³/mol. The lowest BCUT2D eigenvalue weighted by Gasteiger charge is -2.32. The molecule has 1 aliphatic rings. The van der Waals surface area contributed by atoms with Crippen molar-refractivity contribution in [1.82, 2.24) is 0 Å². The van der Waals surface area contributed by atoms with E-state index in [9.17, 15) is 9.59 Å². The van der Waals surface area contributed by atoms with Gasteiger partial charge >= 0.3 is 5.97 Å². The summed E-state index contributed by atoms with van der Waals surface area (Å²) < 4.78 is 4.79. The van der Waals surface area contributed by atoms with Crippen molar-refractivity contribution in [3.05, 3.63) is 35.9 Å². The number of carbonyl (C=O) groups is 2. The van der Waals surface area contributed by atoms with Gasteiger partial charge in [0.2, 0.25) is 0 Å². The molecule has 2 rings (SSSR count). The van der Waals surface area contributed by atoms with E-state index in [0.717, 1.165) is 5.56 Å². The molecule has 4 nitrogen and oxygen atoms in total. The molecule has 1 aliphatic carbocycles. The lowest BCUT2D eigenvalue weighted by molar-refractivity contribution is -0.149. The fourth-order valence-corrected chi connectivity index (χ4v) is 3.12. The molecule has 1 aromatic carbocycles. The van der Waals surface area contributed by atoms with Crippen LogP contribution in [0.4, 0.5) is 0 Å². The van der Waals surface area contributed by atoms with Crippen LogP contribution in [0.2, 0.25) is 0 Å². The summed E-state index contributed by atoms with van der Waals surface area (Å²) in [5.41, 5.74) is 6.14. The van der Waals surface area contributed by atoms with Crippen LogP contribution < -0.4 is 5.73 Å². The van der Waals surface area contributed by atoms with Crippen molar-refractivity contribution in [2.75, 3.05) is 7.11 Å². The van der Waals surface area contributed by atoms with Gasteiger partial charge in [-0.3, -0.25) is 9.59 Å². The molecule has 1 saturated carbocycles. The Bertz CT molecular complexity index is 496. The smallest absolute Gasteiger partial charge is 0.325 e. The lowest BCUT2D eigenvalue weighted by atomic mass is 9.76. The third kappa shape index (κ3) is 2.75. The van der Waals surface area contributed by atoms with Gasteiger partial charge in [-0.2, -0.15) is 0 Å². The van der Waals surface area contributed by atoms with Crippen LogP contribution in [0.5, 0.6) is 0 Å². The molecule has 0 bridgehead atoms. The zero-order valence-corrected chi connectivity index (χ0v) is 12.0. The van der Waals surface area contributed by atoms with Gasteiger partial charge in [0.25, 0.3) is 0 Å². The minimum Gasteiger partial charge on any atom is -0.468 e. The van der Waals surface area contributed by atoms with Crippen molar-refractivity contribution in [3.63, 3.8) is 0 Å². The van der Waals surface area contributed by atoms with E-state index < -0.39 is 11.5 Å². The van der Waals surface area contributed by atoms with Crippen LogP contribution in [0.3, 0.4) is 0 Å². The lowest BCUT2D eigenvalue weighted by Crippen LogP contribution is -2.54. The molecule has 0 unspecified atom stereocenters. The second kappa shape index (κ2) is 5.75. The monoisotopic (exact) mass is 275 g/mol. The Kier molecular flexibility index (Phi) is 4.23. The third-order valence-corrected chi connectivity index (χ3v) is 4.29. The molecule has 108 valence electrons. The maximum atomic E-state index is 12.1. The number of ketones is 1. The highest BCUT2D eigenvalue weighted by Crippen LogP contribution is 2.38. The van der Waals surface area contributed by atoms with Crippen LogP contribution in [0, 0.1) is 11.8 Å². The zero-order chi connectivity index (χ0) is 14.8. The maximum Gasteiger partial charge on any atom is 0.325 e. The number of hydrogen-bond donors (Lipinski definition) is 1. The molecular weight excluding hydrogens is 254 g/mol. The van der Waals surface area contributed by atoms with E-state index in [1.165, 1.54) is 7.11 Å². The van der Waals surface area contributed by atoms with Crippen LogP contribution in [0.1, 0.15) is 25.3 Å². The maximum absolute atomic E-state index is 12.1. The highest BCUT2D eigenvalue weighted by atomic mass is 16.5. The van der Waals surface area contributed by atoms with Gasteiger partial charge in [0, 0.05) is 12.3 Å². The second-order valence-electron chi connectivity index (χ2n) is 5.68. The minimum atomic E-state index is -1.11. The van der Waals surface area contributed by atoms with Crippen LogP contribution in [0.15, 0.2) is 30.3 Å². The van der Waals surface area contributed by atoms with Crippen molar-refractivity contribution >= 4 is 11.8 Å². The summed E-state index contributed by atoms with van der Waals surface area (Å²) in [5, 5.41) is 0. The number of nitrogens with two attached hydrogens (primary N) is 1. The Morgan fingerprint density at radius 1 is 1.40 bits per heavy atom. The average molecular weight is 275 g/mol. The largest absolute Gasteiger partial charge is 0.468 e. The first kappa shape index (κ1) is 14.7. The van der Waals surface area contributed by atoms with Crippen LogP contribution >= 0.6 is 0 Å². The standard InChI is InChI=1S/C16H21NO3/c1-16(17,15(19)20-2)13-8-9-14(18)12(13)10-11-6-4-3-5-7-11/h3-7,12-13H,8-10,17H2,1-2H3/t12-,13-,16+/m0/s1. The molecule has 0 heterocycles. The van der Waals surface area contributed by atoms with Gasteiger partial charge in [-0.15, -0.1) is 0 Å². The number of rotatable bonds is 4. The SMILES string of the molecule is COC(=O)[C@](C)(N)[C@H]1CCC(=O)[C@H]1Cc1ccccc1. The number of ether oxygens (including phenoxy) is 1. The topological polar surface area (TPSA) is 69.4 Å². The molecule has 20 heavy (non-hydrogen) atoms. The van der Waals surface area contributed by atoms with Gasteiger partial charge in [-0.25, -0.2) is 0 Å². The molecule has 3 atom stereocenters. The normalized spacial score (nSPS) is 25.2. The Hall–Kier alpha value is -1.68. The van der Waals surface area contributed by atoms with Gasteiger partial charge < -0.3 is 10.5 Å². The summed E-state index contributed by atoms with van der Waals surface area (Å²) in [6.45, 7) is 1.67. The molecule has 0 aromatic heterocycles. The molecule has 0 radical (unpaired) electrons. The molecule has 1 aromatic rings. The van der Waals surface area contributed by atoms with Crippen LogP contribution in [0.25, 0.3) is 0 Å². The Labute approximate surface area is 119 Å². The molecule has 0 amide bonds. The van der Waals surface area contributed by atoms with Crippen molar-refractivity contribution in [3.8, 4) is 0 Å². The molecule has 2 N–H and O–H groups in total. The van der Waals surface area contributed by atoms with E-state index >= 15 is 0 Å². The van der Waals surface area contributed by atoms with E-state index in [-0.39, 0.29) is 17.6 Å². The first-order valence-electron chi connectivity index (χ1n) is 6.90. The summed E-state index contributed by atoms with van der Waals surface area (Å²) in [7, 11) is 1.33. The number of Topliss-reactive ketones (excluding diaryl/α,β-unsaturated/α-hetero) is 1. The molecular formula is C16H21NO3. The highest BCUT2D eigenvalue weighted by Gasteiger charge is 2.48. The molecule has 0 aliphatic heterocycles. The van der Waals surface area contributed by atoms with E-state index in [0.29, 0.717) is 19.3 Å². The predicted octanol–water partition coefficient (Wildman–Crippen LogP) is 1.71. The highest BCUT2D eigenvalue weighted by molar-refractivity contribution is 5.87. The average Bonchev–Trinajstić information content (AvgIpc) is 2.81. The summed E-state index contributed by atoms with van der Waals surface area (Å²) in [4.78, 5) is 24.0. The van der Waals surface area contributed by atoms with Crippen molar-refractivity contribution < 1.29 is 14.3 Å². The van der Waals surface area contributed by atoms with Gasteiger partial charge in [-0.05, 0) is 31.2 Å². The van der Waals surface area contributed by atoms with Gasteiger partial charge in [-0.1, -0.05) is 30.3 Å². The van der Waals surface area contributed by atoms with Gasteiger partial charge in [0.05, 0.1) is 7.11 Å². The fourth-order valence-electron chi connectivity index (χ4n) is 3.12. The summed E-state index contributed by atoms with van der Waals surface area (Å²) >= 11 is 0. The second-order valence-corrected chi connectivity index (χ2v) is 5.68. The number of benzene rings is 1.